The lowest BCUT2D eigenvalue weighted by atomic mass is 10.6. The summed E-state index contributed by atoms with van der Waals surface area (Å²) in [7, 11) is -0.356. The highest BCUT2D eigenvalue weighted by atomic mass is 31.1. The summed E-state index contributed by atoms with van der Waals surface area (Å²) in [5, 5.41) is 0. The van der Waals surface area contributed by atoms with Crippen molar-refractivity contribution in [3.8, 4) is 0 Å². The minimum absolute atomic E-state index is 0.356. The second-order valence-electron chi connectivity index (χ2n) is 2.38. The summed E-state index contributed by atoms with van der Waals surface area (Å²) in [6.45, 7) is 4.11. The quantitative estimate of drug-likeness (QED) is 0.448. The summed E-state index contributed by atoms with van der Waals surface area (Å²) in [6, 6.07) is 0. The summed E-state index contributed by atoms with van der Waals surface area (Å²) < 4.78 is 0. The molecule has 0 aromatic rings. The van der Waals surface area contributed by atoms with Crippen molar-refractivity contribution in [2.24, 2.45) is 0 Å². The third-order valence-corrected chi connectivity index (χ3v) is 4.05. The minimum atomic E-state index is -0.356. The monoisotopic (exact) mass is 160 g/mol. The Morgan fingerprint density at radius 2 is 1.60 bits per heavy atom. The third kappa shape index (κ3) is 3.73. The molecule has 0 N–H and O–H groups in total. The van der Waals surface area contributed by atoms with Gasteiger partial charge in [-0.05, 0) is 5.66 Å². The van der Waals surface area contributed by atoms with E-state index in [0.717, 1.165) is 12.6 Å². The van der Waals surface area contributed by atoms with E-state index >= 15 is 0 Å². The minimum Gasteiger partial charge on any atom is -0.303 e. The van der Waals surface area contributed by atoms with Gasteiger partial charge in [0.05, 0.1) is 0 Å². The molecule has 0 aromatic heterocycles. The van der Waals surface area contributed by atoms with Crippen LogP contribution in [0.3, 0.4) is 0 Å². The fourth-order valence-corrected chi connectivity index (χ4v) is 2.06. The number of carbonyl (C=O) groups excluding carboxylic acids is 2. The Morgan fingerprint density at radius 1 is 1.20 bits per heavy atom. The van der Waals surface area contributed by atoms with Gasteiger partial charge in [-0.1, -0.05) is 21.8 Å². The van der Waals surface area contributed by atoms with Crippen molar-refractivity contribution >= 4 is 20.5 Å². The van der Waals surface area contributed by atoms with Crippen molar-refractivity contribution in [3.63, 3.8) is 0 Å². The van der Waals surface area contributed by atoms with Crippen molar-refractivity contribution in [1.82, 2.24) is 0 Å². The van der Waals surface area contributed by atoms with Crippen molar-refractivity contribution < 1.29 is 9.59 Å². The molecule has 0 unspecified atom stereocenters. The molecule has 58 valence electrons. The van der Waals surface area contributed by atoms with E-state index in [1.165, 1.54) is 0 Å². The van der Waals surface area contributed by atoms with E-state index in [4.69, 9.17) is 0 Å². The summed E-state index contributed by atoms with van der Waals surface area (Å²) in [6.07, 6.45) is 2.97. The lowest BCUT2D eigenvalue weighted by Gasteiger charge is -2.15. The zero-order chi connectivity index (χ0) is 7.98. The van der Waals surface area contributed by atoms with E-state index in [2.05, 4.69) is 13.8 Å². The molecule has 3 heteroatoms. The van der Waals surface area contributed by atoms with Crippen LogP contribution >= 0.6 is 7.92 Å². The Bertz CT molecular complexity index is 102. The maximum absolute atomic E-state index is 10.1. The van der Waals surface area contributed by atoms with Crippen LogP contribution in [0.1, 0.15) is 13.8 Å². The Labute approximate surface area is 62.8 Å². The average molecular weight is 160 g/mol. The van der Waals surface area contributed by atoms with Crippen LogP contribution in [-0.2, 0) is 9.59 Å². The molecule has 0 aliphatic carbocycles. The first kappa shape index (κ1) is 9.77. The highest BCUT2D eigenvalue weighted by Crippen LogP contribution is 2.38. The van der Waals surface area contributed by atoms with Crippen molar-refractivity contribution in [3.05, 3.63) is 0 Å². The van der Waals surface area contributed by atoms with Gasteiger partial charge in [-0.2, -0.15) is 0 Å². The molecule has 0 aromatic carbocycles. The number of carbonyl (C=O) groups is 2. The van der Waals surface area contributed by atoms with Crippen LogP contribution in [0, 0.1) is 0 Å². The lowest BCUT2D eigenvalue weighted by molar-refractivity contribution is -0.106. The van der Waals surface area contributed by atoms with Crippen molar-refractivity contribution in [1.29, 1.82) is 0 Å². The molecule has 10 heavy (non-hydrogen) atoms. The van der Waals surface area contributed by atoms with E-state index in [-0.39, 0.29) is 7.92 Å². The fourth-order valence-electron chi connectivity index (χ4n) is 0.688. The van der Waals surface area contributed by atoms with E-state index in [0.29, 0.717) is 18.0 Å². The van der Waals surface area contributed by atoms with Gasteiger partial charge >= 0.3 is 0 Å². The van der Waals surface area contributed by atoms with Crippen LogP contribution in [-0.4, -0.2) is 30.6 Å². The number of hydrogen-bond acceptors (Lipinski definition) is 2. The van der Waals surface area contributed by atoms with Gasteiger partial charge < -0.3 is 9.59 Å². The smallest absolute Gasteiger partial charge is 0.124 e. The Balaban J connectivity index is 3.70. The molecule has 0 aliphatic heterocycles. The van der Waals surface area contributed by atoms with E-state index in [1.54, 1.807) is 0 Å². The topological polar surface area (TPSA) is 34.1 Å². The number of rotatable bonds is 5. The van der Waals surface area contributed by atoms with Crippen LogP contribution in [0.15, 0.2) is 0 Å². The molecule has 0 spiro atoms. The van der Waals surface area contributed by atoms with Crippen LogP contribution in [0.5, 0.6) is 0 Å². The van der Waals surface area contributed by atoms with Crippen LogP contribution < -0.4 is 0 Å². The third-order valence-electron chi connectivity index (χ3n) is 1.35. The predicted molar refractivity (Wildman–Crippen MR) is 43.9 cm³/mol. The Kier molecular flexibility index (Phi) is 5.42. The van der Waals surface area contributed by atoms with Gasteiger partial charge in [0, 0.05) is 12.3 Å². The molecule has 0 aliphatic rings. The summed E-state index contributed by atoms with van der Waals surface area (Å²) in [5.41, 5.74) is 0.491. The Hall–Kier alpha value is -0.230. The van der Waals surface area contributed by atoms with Gasteiger partial charge in [0.15, 0.2) is 0 Å². The molecule has 0 rings (SSSR count). The molecule has 0 heterocycles. The van der Waals surface area contributed by atoms with Crippen molar-refractivity contribution in [2.75, 3.05) is 12.3 Å². The number of aldehydes is 2. The van der Waals surface area contributed by atoms with Crippen LogP contribution in [0.4, 0.5) is 0 Å². The first-order valence-corrected chi connectivity index (χ1v) is 5.11. The highest BCUT2D eigenvalue weighted by Gasteiger charge is 2.09. The molecular weight excluding hydrogens is 147 g/mol. The van der Waals surface area contributed by atoms with Crippen LogP contribution in [0.25, 0.3) is 0 Å². The zero-order valence-corrected chi connectivity index (χ0v) is 7.30. The standard InChI is InChI=1S/C7H13O2P/c1-7(2)10(5-3-8)6-4-9/h3-4,7H,5-6H2,1-2H3. The van der Waals surface area contributed by atoms with E-state index in [1.807, 2.05) is 0 Å². The van der Waals surface area contributed by atoms with Crippen molar-refractivity contribution in [2.45, 2.75) is 19.5 Å². The molecule has 0 saturated carbocycles. The molecule has 0 amide bonds. The summed E-state index contributed by atoms with van der Waals surface area (Å²) >= 11 is 0. The van der Waals surface area contributed by atoms with E-state index < -0.39 is 0 Å². The second-order valence-corrected chi connectivity index (χ2v) is 5.32. The molecule has 0 bridgehead atoms. The van der Waals surface area contributed by atoms with Gasteiger partial charge in [0.25, 0.3) is 0 Å². The average Bonchev–Trinajstić information content (AvgIpc) is 1.87. The fraction of sp³-hybridized carbons (Fsp3) is 0.714. The molecule has 2 nitrogen and oxygen atoms in total. The zero-order valence-electron chi connectivity index (χ0n) is 6.41. The van der Waals surface area contributed by atoms with Gasteiger partial charge in [-0.15, -0.1) is 0 Å². The Morgan fingerprint density at radius 3 is 1.80 bits per heavy atom. The van der Waals surface area contributed by atoms with E-state index in [9.17, 15) is 9.59 Å². The summed E-state index contributed by atoms with van der Waals surface area (Å²) in [4.78, 5) is 20.2. The molecular formula is C7H13O2P. The first-order valence-electron chi connectivity index (χ1n) is 3.33. The van der Waals surface area contributed by atoms with Gasteiger partial charge in [-0.25, -0.2) is 0 Å². The normalized spacial score (nSPS) is 10.4. The first-order chi connectivity index (χ1) is 4.72. The van der Waals surface area contributed by atoms with Gasteiger partial charge in [-0.3, -0.25) is 0 Å². The molecule has 0 saturated heterocycles. The molecule has 0 fully saturated rings. The molecule has 0 atom stereocenters. The SMILES string of the molecule is CC(C)P(CC=O)CC=O. The second kappa shape index (κ2) is 5.55. The summed E-state index contributed by atoms with van der Waals surface area (Å²) in [5.74, 6) is 0. The van der Waals surface area contributed by atoms with Crippen LogP contribution in [0.2, 0.25) is 0 Å². The lowest BCUT2D eigenvalue weighted by Crippen LogP contribution is -2.02. The van der Waals surface area contributed by atoms with Gasteiger partial charge in [0.2, 0.25) is 0 Å². The maximum atomic E-state index is 10.1. The predicted octanol–water partition coefficient (Wildman–Crippen LogP) is 1.27. The maximum Gasteiger partial charge on any atom is 0.124 e. The molecule has 0 radical (unpaired) electrons. The number of hydrogen-bond donors (Lipinski definition) is 0. The largest absolute Gasteiger partial charge is 0.303 e. The van der Waals surface area contributed by atoms with Gasteiger partial charge in [0.1, 0.15) is 12.6 Å². The highest BCUT2D eigenvalue weighted by molar-refractivity contribution is 7.59.